The highest BCUT2D eigenvalue weighted by atomic mass is 127. The molecule has 1 aliphatic rings. The Hall–Kier alpha value is -1.23. The number of nitrogens with zero attached hydrogens (tertiary/aromatic N) is 3. The molecule has 0 unspecified atom stereocenters. The van der Waals surface area contributed by atoms with Gasteiger partial charge in [0.1, 0.15) is 0 Å². The van der Waals surface area contributed by atoms with Crippen molar-refractivity contribution in [3.63, 3.8) is 0 Å². The third-order valence-electron chi connectivity index (χ3n) is 4.69. The van der Waals surface area contributed by atoms with E-state index in [-0.39, 0.29) is 30.5 Å². The van der Waals surface area contributed by atoms with Crippen molar-refractivity contribution < 1.29 is 13.2 Å². The molecule has 0 saturated carbocycles. The Morgan fingerprint density at radius 3 is 2.34 bits per heavy atom. The summed E-state index contributed by atoms with van der Waals surface area (Å²) < 4.78 is 36.7. The molecule has 1 aliphatic heterocycles. The number of aliphatic imine (C=N–C) groups is 1. The number of benzene rings is 1. The van der Waals surface area contributed by atoms with Crippen LogP contribution in [0.2, 0.25) is 0 Å². The van der Waals surface area contributed by atoms with Crippen LogP contribution < -0.4 is 15.5 Å². The van der Waals surface area contributed by atoms with Crippen LogP contribution in [0, 0.1) is 0 Å². The van der Waals surface area contributed by atoms with Crippen molar-refractivity contribution in [1.29, 1.82) is 0 Å². The number of unbranched alkanes of at least 4 members (excludes halogenated alkanes) is 1. The Morgan fingerprint density at radius 1 is 1.03 bits per heavy atom. The van der Waals surface area contributed by atoms with E-state index < -0.39 is 12.6 Å². The van der Waals surface area contributed by atoms with Crippen LogP contribution in [-0.4, -0.2) is 69.4 Å². The molecule has 2 rings (SSSR count). The molecule has 2 N–H and O–H groups in total. The molecule has 0 radical (unpaired) electrons. The Balaban J connectivity index is 0.00000420. The molecule has 0 spiro atoms. The van der Waals surface area contributed by atoms with Crippen molar-refractivity contribution in [3.8, 4) is 0 Å². The molecule has 0 bridgehead atoms. The van der Waals surface area contributed by atoms with Gasteiger partial charge in [0.15, 0.2) is 5.96 Å². The van der Waals surface area contributed by atoms with Crippen molar-refractivity contribution in [1.82, 2.24) is 15.5 Å². The van der Waals surface area contributed by atoms with Crippen molar-refractivity contribution in [3.05, 3.63) is 30.3 Å². The molecule has 5 nitrogen and oxygen atoms in total. The molecule has 1 saturated heterocycles. The van der Waals surface area contributed by atoms with Gasteiger partial charge in [-0.3, -0.25) is 9.89 Å². The van der Waals surface area contributed by atoms with E-state index in [1.165, 1.54) is 5.69 Å². The minimum absolute atomic E-state index is 0. The largest absolute Gasteiger partial charge is 0.390 e. The second-order valence-corrected chi connectivity index (χ2v) is 6.92. The number of rotatable bonds is 9. The second-order valence-electron chi connectivity index (χ2n) is 6.92. The highest BCUT2D eigenvalue weighted by Crippen LogP contribution is 2.18. The average molecular weight is 527 g/mol. The quantitative estimate of drug-likeness (QED) is 0.223. The molecule has 0 amide bonds. The first kappa shape index (κ1) is 25.8. The second kappa shape index (κ2) is 13.9. The van der Waals surface area contributed by atoms with Crippen molar-refractivity contribution >= 4 is 35.6 Å². The highest BCUT2D eigenvalue weighted by Gasteiger charge is 2.26. The monoisotopic (exact) mass is 527 g/mol. The number of anilines is 1. The molecule has 0 aromatic heterocycles. The third kappa shape index (κ3) is 10.9. The maximum absolute atomic E-state index is 12.2. The first-order valence-electron chi connectivity index (χ1n) is 10.1. The summed E-state index contributed by atoms with van der Waals surface area (Å²) in [6, 6.07) is 10.5. The SMILES string of the molecule is CCNC(=NCCCCN1CCN(c2ccccc2)CC1)NCCC(F)(F)F.I. The Morgan fingerprint density at radius 2 is 1.72 bits per heavy atom. The minimum atomic E-state index is -4.14. The van der Waals surface area contributed by atoms with Crippen LogP contribution in [0.3, 0.4) is 0 Å². The molecule has 1 fully saturated rings. The number of alkyl halides is 3. The van der Waals surface area contributed by atoms with Gasteiger partial charge in [-0.25, -0.2) is 0 Å². The number of piperazine rings is 1. The zero-order valence-corrected chi connectivity index (χ0v) is 19.4. The summed E-state index contributed by atoms with van der Waals surface area (Å²) in [5.41, 5.74) is 1.28. The summed E-state index contributed by atoms with van der Waals surface area (Å²) >= 11 is 0. The van der Waals surface area contributed by atoms with E-state index in [0.717, 1.165) is 45.6 Å². The van der Waals surface area contributed by atoms with Crippen LogP contribution in [-0.2, 0) is 0 Å². The number of guanidine groups is 1. The van der Waals surface area contributed by atoms with Crippen molar-refractivity contribution in [2.24, 2.45) is 4.99 Å². The smallest absolute Gasteiger partial charge is 0.369 e. The summed E-state index contributed by atoms with van der Waals surface area (Å²) in [5.74, 6) is 0.461. The molecule has 0 aliphatic carbocycles. The first-order valence-corrected chi connectivity index (χ1v) is 10.1. The molecule has 1 aromatic carbocycles. The zero-order valence-electron chi connectivity index (χ0n) is 17.0. The Kier molecular flexibility index (Phi) is 12.4. The Bertz CT molecular complexity index is 575. The van der Waals surface area contributed by atoms with Crippen LogP contribution in [0.15, 0.2) is 35.3 Å². The fraction of sp³-hybridized carbons (Fsp3) is 0.650. The fourth-order valence-corrected chi connectivity index (χ4v) is 3.17. The van der Waals surface area contributed by atoms with Crippen molar-refractivity contribution in [2.75, 3.05) is 57.3 Å². The number of hydrogen-bond acceptors (Lipinski definition) is 3. The van der Waals surface area contributed by atoms with Gasteiger partial charge in [-0.1, -0.05) is 18.2 Å². The van der Waals surface area contributed by atoms with Gasteiger partial charge in [-0.2, -0.15) is 13.2 Å². The van der Waals surface area contributed by atoms with Crippen LogP contribution in [0.5, 0.6) is 0 Å². The van der Waals surface area contributed by atoms with Gasteiger partial charge < -0.3 is 15.5 Å². The van der Waals surface area contributed by atoms with Crippen molar-refractivity contribution in [2.45, 2.75) is 32.4 Å². The van der Waals surface area contributed by atoms with Crippen LogP contribution >= 0.6 is 24.0 Å². The Labute approximate surface area is 189 Å². The molecular formula is C20H33F3IN5. The molecule has 29 heavy (non-hydrogen) atoms. The van der Waals surface area contributed by atoms with Crippen LogP contribution in [0.4, 0.5) is 18.9 Å². The minimum Gasteiger partial charge on any atom is -0.369 e. The van der Waals surface area contributed by atoms with Gasteiger partial charge >= 0.3 is 6.18 Å². The van der Waals surface area contributed by atoms with Gasteiger partial charge in [0.05, 0.1) is 6.42 Å². The van der Waals surface area contributed by atoms with E-state index in [1.54, 1.807) is 0 Å². The predicted molar refractivity (Wildman–Crippen MR) is 124 cm³/mol. The van der Waals surface area contributed by atoms with Gasteiger partial charge in [0.25, 0.3) is 0 Å². The first-order chi connectivity index (χ1) is 13.5. The van der Waals surface area contributed by atoms with E-state index in [4.69, 9.17) is 0 Å². The normalized spacial score (nSPS) is 15.7. The summed E-state index contributed by atoms with van der Waals surface area (Å²) in [5, 5.41) is 5.73. The molecule has 1 aromatic rings. The summed E-state index contributed by atoms with van der Waals surface area (Å²) in [6.07, 6.45) is -3.03. The van der Waals surface area contributed by atoms with E-state index in [9.17, 15) is 13.2 Å². The lowest BCUT2D eigenvalue weighted by molar-refractivity contribution is -0.132. The molecule has 9 heteroatoms. The number of para-hydroxylation sites is 1. The van der Waals surface area contributed by atoms with Gasteiger partial charge in [-0.15, -0.1) is 24.0 Å². The third-order valence-corrected chi connectivity index (χ3v) is 4.69. The molecule has 166 valence electrons. The maximum atomic E-state index is 12.2. The summed E-state index contributed by atoms with van der Waals surface area (Å²) in [7, 11) is 0. The lowest BCUT2D eigenvalue weighted by Gasteiger charge is -2.36. The molecule has 0 atom stereocenters. The highest BCUT2D eigenvalue weighted by molar-refractivity contribution is 14.0. The number of nitrogens with one attached hydrogen (secondary N) is 2. The topological polar surface area (TPSA) is 42.9 Å². The van der Waals surface area contributed by atoms with E-state index in [0.29, 0.717) is 19.0 Å². The fourth-order valence-electron chi connectivity index (χ4n) is 3.17. The van der Waals surface area contributed by atoms with Crippen LogP contribution in [0.25, 0.3) is 0 Å². The number of halogens is 4. The summed E-state index contributed by atoms with van der Waals surface area (Å²) in [4.78, 5) is 9.25. The van der Waals surface area contributed by atoms with E-state index in [2.05, 4.69) is 49.7 Å². The van der Waals surface area contributed by atoms with Gasteiger partial charge in [-0.05, 0) is 38.4 Å². The zero-order chi connectivity index (χ0) is 20.2. The predicted octanol–water partition coefficient (Wildman–Crippen LogP) is 3.71. The maximum Gasteiger partial charge on any atom is 0.390 e. The summed E-state index contributed by atoms with van der Waals surface area (Å²) in [6.45, 7) is 8.22. The van der Waals surface area contributed by atoms with Crippen LogP contribution in [0.1, 0.15) is 26.2 Å². The van der Waals surface area contributed by atoms with E-state index >= 15 is 0 Å². The number of hydrogen-bond donors (Lipinski definition) is 2. The van der Waals surface area contributed by atoms with Gasteiger partial charge in [0, 0.05) is 51.5 Å². The van der Waals surface area contributed by atoms with Gasteiger partial charge in [0.2, 0.25) is 0 Å². The lowest BCUT2D eigenvalue weighted by Crippen LogP contribution is -2.46. The molecule has 1 heterocycles. The lowest BCUT2D eigenvalue weighted by atomic mass is 10.2. The molecular weight excluding hydrogens is 494 g/mol. The average Bonchev–Trinajstić information content (AvgIpc) is 2.68. The van der Waals surface area contributed by atoms with E-state index in [1.807, 2.05) is 13.0 Å². The standard InChI is InChI=1S/C20H32F3N5.HI/c1-2-24-19(26-12-10-20(21,22)23)25-11-6-7-13-27-14-16-28(17-15-27)18-8-4-3-5-9-18;/h3-5,8-9H,2,6-7,10-17H2,1H3,(H2,24,25,26);1H.